The Balaban J connectivity index is 1.75. The van der Waals surface area contributed by atoms with Gasteiger partial charge in [-0.3, -0.25) is 4.79 Å². The van der Waals surface area contributed by atoms with Crippen LogP contribution in [0.15, 0.2) is 24.7 Å². The molecule has 1 aliphatic carbocycles. The minimum absolute atomic E-state index is 0.282. The van der Waals surface area contributed by atoms with Gasteiger partial charge < -0.3 is 19.9 Å². The number of amides is 1. The third-order valence-electron chi connectivity index (χ3n) is 4.73. The van der Waals surface area contributed by atoms with Crippen LogP contribution in [0.2, 0.25) is 0 Å². The Hall–Kier alpha value is -3.23. The smallest absolute Gasteiger partial charge is 0.231 e. The van der Waals surface area contributed by atoms with Gasteiger partial charge >= 0.3 is 0 Å². The fourth-order valence-corrected chi connectivity index (χ4v) is 3.14. The van der Waals surface area contributed by atoms with Gasteiger partial charge in [0.1, 0.15) is 29.7 Å². The quantitative estimate of drug-likeness (QED) is 0.716. The Labute approximate surface area is 154 Å². The number of carbonyl (C=O) groups is 1. The average Bonchev–Trinajstić information content (AvgIpc) is 3.33. The number of fused-ring (bicyclic) bond motifs is 1. The average molecular weight is 370 g/mol. The maximum atomic E-state index is 13.1. The Bertz CT molecular complexity index is 1010. The number of pyridine rings is 1. The van der Waals surface area contributed by atoms with Gasteiger partial charge in [0.2, 0.25) is 11.8 Å². The highest BCUT2D eigenvalue weighted by Crippen LogP contribution is 2.37. The number of nitrogens with zero attached hydrogens (tertiary/aromatic N) is 4. The maximum absolute atomic E-state index is 13.1. The van der Waals surface area contributed by atoms with Crippen molar-refractivity contribution < 1.29 is 13.9 Å². The summed E-state index contributed by atoms with van der Waals surface area (Å²) in [6, 6.07) is 3.71. The summed E-state index contributed by atoms with van der Waals surface area (Å²) in [6.07, 6.45) is 2.35. The Morgan fingerprint density at radius 1 is 1.33 bits per heavy atom. The molecule has 0 radical (unpaired) electrons. The number of methoxy groups -OCH3 is 1. The lowest BCUT2D eigenvalue weighted by atomic mass is 10.2. The Morgan fingerprint density at radius 2 is 2.11 bits per heavy atom. The molecule has 0 bridgehead atoms. The number of aromatic nitrogens is 4. The molecule has 0 saturated heterocycles. The second-order valence-corrected chi connectivity index (χ2v) is 6.42. The Kier molecular flexibility index (Phi) is 4.14. The number of anilines is 2. The number of hydrogen-bond acceptors (Lipinski definition) is 6. The van der Waals surface area contributed by atoms with Crippen molar-refractivity contribution in [2.24, 2.45) is 13.0 Å². The summed E-state index contributed by atoms with van der Waals surface area (Å²) >= 11 is 0. The highest BCUT2D eigenvalue weighted by atomic mass is 19.1. The van der Waals surface area contributed by atoms with Crippen LogP contribution >= 0.6 is 0 Å². The number of alkyl halides is 1. The van der Waals surface area contributed by atoms with Crippen LogP contribution in [0.4, 0.5) is 16.0 Å². The van der Waals surface area contributed by atoms with Crippen LogP contribution in [0.1, 0.15) is 6.42 Å². The summed E-state index contributed by atoms with van der Waals surface area (Å²) in [5.41, 5.74) is 2.43. The summed E-state index contributed by atoms with van der Waals surface area (Å²) in [4.78, 5) is 24.7. The van der Waals surface area contributed by atoms with Gasteiger partial charge in [0, 0.05) is 19.5 Å². The summed E-state index contributed by atoms with van der Waals surface area (Å²) in [7, 11) is 5.24. The van der Waals surface area contributed by atoms with E-state index in [4.69, 9.17) is 4.74 Å². The van der Waals surface area contributed by atoms with Gasteiger partial charge in [-0.05, 0) is 18.6 Å². The number of halogens is 1. The maximum Gasteiger partial charge on any atom is 0.231 e. The largest absolute Gasteiger partial charge is 0.480 e. The molecule has 3 aromatic heterocycles. The van der Waals surface area contributed by atoms with E-state index in [-0.39, 0.29) is 12.3 Å². The molecule has 1 saturated carbocycles. The van der Waals surface area contributed by atoms with E-state index in [1.807, 2.05) is 17.7 Å². The van der Waals surface area contributed by atoms with Crippen LogP contribution in [-0.4, -0.2) is 45.8 Å². The normalized spacial score (nSPS) is 18.4. The summed E-state index contributed by atoms with van der Waals surface area (Å²) in [5, 5.41) is 6.60. The van der Waals surface area contributed by atoms with Gasteiger partial charge in [-0.2, -0.15) is 0 Å². The molecule has 8 nitrogen and oxygen atoms in total. The molecule has 2 unspecified atom stereocenters. The lowest BCUT2D eigenvalue weighted by molar-refractivity contribution is -0.117. The first-order valence-corrected chi connectivity index (χ1v) is 8.51. The molecule has 1 aliphatic rings. The van der Waals surface area contributed by atoms with E-state index >= 15 is 0 Å². The molecule has 4 rings (SSSR count). The molecular weight excluding hydrogens is 351 g/mol. The van der Waals surface area contributed by atoms with E-state index < -0.39 is 12.1 Å². The minimum Gasteiger partial charge on any atom is -0.480 e. The molecular formula is C18H19FN6O2. The summed E-state index contributed by atoms with van der Waals surface area (Å²) in [5.74, 6) is 0.592. The predicted octanol–water partition coefficient (Wildman–Crippen LogP) is 2.38. The van der Waals surface area contributed by atoms with E-state index in [1.54, 1.807) is 26.4 Å². The van der Waals surface area contributed by atoms with Gasteiger partial charge in [0.25, 0.3) is 0 Å². The molecule has 9 heteroatoms. The number of nitrogens with one attached hydrogen (secondary N) is 2. The van der Waals surface area contributed by atoms with Crippen molar-refractivity contribution in [3.05, 3.63) is 24.7 Å². The van der Waals surface area contributed by atoms with Crippen molar-refractivity contribution in [2.75, 3.05) is 24.8 Å². The van der Waals surface area contributed by atoms with Crippen molar-refractivity contribution in [3.63, 3.8) is 0 Å². The summed E-state index contributed by atoms with van der Waals surface area (Å²) in [6.45, 7) is 0. The molecule has 2 N–H and O–H groups in total. The van der Waals surface area contributed by atoms with Crippen LogP contribution in [0.25, 0.3) is 22.2 Å². The third-order valence-corrected chi connectivity index (χ3v) is 4.73. The first kappa shape index (κ1) is 17.2. The van der Waals surface area contributed by atoms with Crippen LogP contribution in [0, 0.1) is 5.92 Å². The van der Waals surface area contributed by atoms with E-state index in [0.717, 1.165) is 22.2 Å². The zero-order valence-electron chi connectivity index (χ0n) is 15.2. The molecule has 27 heavy (non-hydrogen) atoms. The van der Waals surface area contributed by atoms with Crippen LogP contribution < -0.4 is 15.4 Å². The zero-order chi connectivity index (χ0) is 19.1. The first-order valence-electron chi connectivity index (χ1n) is 8.51. The van der Waals surface area contributed by atoms with E-state index in [9.17, 15) is 9.18 Å². The highest BCUT2D eigenvalue weighted by Gasteiger charge is 2.43. The molecule has 140 valence electrons. The minimum atomic E-state index is -1.04. The standard InChI is InChI=1S/C18H19FN6O2/c1-20-16-15(18(27-3)23-8-22-16)12-4-9-5-14(21-7-13(9)25(12)2)24-17(26)10-6-11(10)19/h4-5,7-8,10-11H,6H2,1-3H3,(H,20,22,23)(H,21,24,26). The molecule has 1 amide bonds. The second kappa shape index (κ2) is 6.49. The lowest BCUT2D eigenvalue weighted by Gasteiger charge is -2.12. The third kappa shape index (κ3) is 2.94. The van der Waals surface area contributed by atoms with Crippen molar-refractivity contribution in [1.82, 2.24) is 19.5 Å². The SMILES string of the molecule is CNc1ncnc(OC)c1-c1cc2cc(NC(=O)C3CC3F)ncc2n1C. The zero-order valence-corrected chi connectivity index (χ0v) is 15.2. The molecule has 3 heterocycles. The van der Waals surface area contributed by atoms with Gasteiger partial charge in [0.15, 0.2) is 0 Å². The molecule has 1 fully saturated rings. The van der Waals surface area contributed by atoms with Crippen LogP contribution in [0.5, 0.6) is 5.88 Å². The molecule has 2 atom stereocenters. The van der Waals surface area contributed by atoms with E-state index in [1.165, 1.54) is 6.33 Å². The number of carbonyl (C=O) groups excluding carboxylic acids is 1. The van der Waals surface area contributed by atoms with Crippen molar-refractivity contribution in [1.29, 1.82) is 0 Å². The van der Waals surface area contributed by atoms with Gasteiger partial charge in [0.05, 0.1) is 30.4 Å². The number of hydrogen-bond donors (Lipinski definition) is 2. The molecule has 0 aliphatic heterocycles. The fraction of sp³-hybridized carbons (Fsp3) is 0.333. The summed E-state index contributed by atoms with van der Waals surface area (Å²) < 4.78 is 20.4. The lowest BCUT2D eigenvalue weighted by Crippen LogP contribution is -2.15. The monoisotopic (exact) mass is 370 g/mol. The molecule has 0 aromatic carbocycles. The van der Waals surface area contributed by atoms with Crippen LogP contribution in [0.3, 0.4) is 0 Å². The van der Waals surface area contributed by atoms with Gasteiger partial charge in [-0.15, -0.1) is 0 Å². The van der Waals surface area contributed by atoms with Crippen molar-refractivity contribution in [3.8, 4) is 17.1 Å². The van der Waals surface area contributed by atoms with E-state index in [2.05, 4.69) is 25.6 Å². The topological polar surface area (TPSA) is 94.0 Å². The number of rotatable bonds is 5. The van der Waals surface area contributed by atoms with Gasteiger partial charge in [-0.25, -0.2) is 19.3 Å². The second-order valence-electron chi connectivity index (χ2n) is 6.42. The predicted molar refractivity (Wildman–Crippen MR) is 99.5 cm³/mol. The van der Waals surface area contributed by atoms with Gasteiger partial charge in [-0.1, -0.05) is 0 Å². The number of aryl methyl sites for hydroxylation is 1. The fourth-order valence-electron chi connectivity index (χ4n) is 3.14. The highest BCUT2D eigenvalue weighted by molar-refractivity contribution is 5.97. The van der Waals surface area contributed by atoms with Crippen molar-refractivity contribution in [2.45, 2.75) is 12.6 Å². The number of ether oxygens (including phenoxy) is 1. The van der Waals surface area contributed by atoms with Crippen LogP contribution in [-0.2, 0) is 11.8 Å². The van der Waals surface area contributed by atoms with Crippen molar-refractivity contribution >= 4 is 28.4 Å². The molecule has 0 spiro atoms. The molecule has 3 aromatic rings. The Morgan fingerprint density at radius 3 is 2.78 bits per heavy atom. The first-order chi connectivity index (χ1) is 13.0. The van der Waals surface area contributed by atoms with E-state index in [0.29, 0.717) is 17.5 Å².